The summed E-state index contributed by atoms with van der Waals surface area (Å²) >= 11 is 0. The van der Waals surface area contributed by atoms with Crippen molar-refractivity contribution in [2.45, 2.75) is 90.4 Å². The molecule has 42 heavy (non-hydrogen) atoms. The van der Waals surface area contributed by atoms with E-state index in [0.717, 1.165) is 22.3 Å². The summed E-state index contributed by atoms with van der Waals surface area (Å²) in [6, 6.07) is 3.90. The van der Waals surface area contributed by atoms with Crippen LogP contribution in [0.2, 0.25) is 0 Å². The first-order valence-electron chi connectivity index (χ1n) is 14.6. The van der Waals surface area contributed by atoms with Gasteiger partial charge in [-0.1, -0.05) is 12.1 Å². The van der Waals surface area contributed by atoms with Gasteiger partial charge in [0.05, 0.1) is 0 Å². The van der Waals surface area contributed by atoms with E-state index in [2.05, 4.69) is 5.32 Å². The number of rotatable bonds is 8. The van der Waals surface area contributed by atoms with E-state index < -0.39 is 28.2 Å². The molecule has 2 fully saturated rings. The quantitative estimate of drug-likeness (QED) is 0.443. The number of piperidine rings is 1. The summed E-state index contributed by atoms with van der Waals surface area (Å²) in [4.78, 5) is 31.0. The molecule has 1 spiro atoms. The minimum Gasteiger partial charge on any atom is -0.342 e. The maximum absolute atomic E-state index is 13.2. The van der Waals surface area contributed by atoms with Gasteiger partial charge in [-0.3, -0.25) is 14.6 Å². The second kappa shape index (κ2) is 12.5. The molecule has 1 saturated heterocycles. The Morgan fingerprint density at radius 1 is 1.14 bits per heavy atom. The SMILES string of the molecule is CC(=O)N(C)Cc1cc(C)c(/C=C/S(=O)(=O)N2CCC3(CC2)N=C(C2CCC(CCC(F)(F)F)CC2)NC3=O)c(C)c1. The van der Waals surface area contributed by atoms with Crippen LogP contribution in [0.5, 0.6) is 0 Å². The van der Waals surface area contributed by atoms with Gasteiger partial charge >= 0.3 is 6.18 Å². The molecule has 0 atom stereocenters. The average molecular weight is 611 g/mol. The third-order valence-electron chi connectivity index (χ3n) is 9.00. The molecule has 0 bridgehead atoms. The van der Waals surface area contributed by atoms with Gasteiger partial charge in [0.15, 0.2) is 0 Å². The number of sulfonamides is 1. The lowest BCUT2D eigenvalue weighted by molar-refractivity contribution is -0.138. The van der Waals surface area contributed by atoms with Crippen LogP contribution in [0.3, 0.4) is 0 Å². The molecule has 2 aliphatic heterocycles. The first-order chi connectivity index (χ1) is 19.6. The normalized spacial score (nSPS) is 23.3. The van der Waals surface area contributed by atoms with Gasteiger partial charge in [-0.15, -0.1) is 0 Å². The van der Waals surface area contributed by atoms with E-state index in [9.17, 15) is 31.2 Å². The van der Waals surface area contributed by atoms with Crippen molar-refractivity contribution < 1.29 is 31.2 Å². The molecule has 8 nitrogen and oxygen atoms in total. The van der Waals surface area contributed by atoms with Crippen LogP contribution in [-0.4, -0.2) is 67.1 Å². The maximum Gasteiger partial charge on any atom is 0.389 e. The molecule has 0 unspecified atom stereocenters. The van der Waals surface area contributed by atoms with Gasteiger partial charge in [0.1, 0.15) is 11.4 Å². The molecule has 2 heterocycles. The predicted molar refractivity (Wildman–Crippen MR) is 156 cm³/mol. The zero-order chi connectivity index (χ0) is 30.9. The summed E-state index contributed by atoms with van der Waals surface area (Å²) < 4.78 is 65.5. The van der Waals surface area contributed by atoms with Crippen LogP contribution >= 0.6 is 0 Å². The lowest BCUT2D eigenvalue weighted by Gasteiger charge is -2.34. The van der Waals surface area contributed by atoms with E-state index in [-0.39, 0.29) is 56.0 Å². The van der Waals surface area contributed by atoms with Crippen molar-refractivity contribution in [2.75, 3.05) is 20.1 Å². The van der Waals surface area contributed by atoms with Crippen LogP contribution in [0.25, 0.3) is 6.08 Å². The van der Waals surface area contributed by atoms with Crippen molar-refractivity contribution >= 4 is 33.7 Å². The Kier molecular flexibility index (Phi) is 9.56. The minimum absolute atomic E-state index is 0.0147. The summed E-state index contributed by atoms with van der Waals surface area (Å²) in [5, 5.41) is 4.13. The fraction of sp³-hybridized carbons (Fsp3) is 0.633. The van der Waals surface area contributed by atoms with Crippen molar-refractivity contribution in [1.82, 2.24) is 14.5 Å². The highest BCUT2D eigenvalue weighted by Gasteiger charge is 2.48. The molecule has 3 aliphatic rings. The molecule has 0 radical (unpaired) electrons. The lowest BCUT2D eigenvalue weighted by Crippen LogP contribution is -2.50. The topological polar surface area (TPSA) is 99.2 Å². The number of carbonyl (C=O) groups is 2. The van der Waals surface area contributed by atoms with Gasteiger partial charge in [-0.2, -0.15) is 17.5 Å². The smallest absolute Gasteiger partial charge is 0.342 e. The van der Waals surface area contributed by atoms with Gasteiger partial charge < -0.3 is 10.2 Å². The highest BCUT2D eigenvalue weighted by Crippen LogP contribution is 2.38. The standard InChI is InChI=1S/C30H41F3N4O4S/c1-20-17-24(19-36(4)22(3)38)18-21(2)26(20)10-16-42(40,41)37-14-12-29(13-15-37)28(39)34-27(35-29)25-7-5-23(6-8-25)9-11-30(31,32)33/h10,16-18,23,25H,5-9,11-15,19H2,1-4H3,(H,34,35,39)/b16-10+. The molecular weight excluding hydrogens is 569 g/mol. The Balaban J connectivity index is 1.36. The molecule has 4 rings (SSSR count). The summed E-state index contributed by atoms with van der Waals surface area (Å²) in [5.41, 5.74) is 2.59. The monoisotopic (exact) mass is 610 g/mol. The number of alkyl halides is 3. The van der Waals surface area contributed by atoms with Crippen LogP contribution in [-0.2, 0) is 26.2 Å². The van der Waals surface area contributed by atoms with Crippen LogP contribution in [0.4, 0.5) is 13.2 Å². The lowest BCUT2D eigenvalue weighted by atomic mass is 9.79. The first-order valence-corrected chi connectivity index (χ1v) is 16.1. The zero-order valence-electron chi connectivity index (χ0n) is 24.8. The van der Waals surface area contributed by atoms with Gasteiger partial charge in [0.25, 0.3) is 5.91 Å². The Morgan fingerprint density at radius 3 is 2.29 bits per heavy atom. The van der Waals surface area contributed by atoms with E-state index in [4.69, 9.17) is 4.99 Å². The van der Waals surface area contributed by atoms with Gasteiger partial charge in [0, 0.05) is 51.4 Å². The Morgan fingerprint density at radius 2 is 1.74 bits per heavy atom. The minimum atomic E-state index is -4.14. The summed E-state index contributed by atoms with van der Waals surface area (Å²) in [6.45, 7) is 6.11. The number of halogens is 3. The van der Waals surface area contributed by atoms with Crippen LogP contribution in [0.15, 0.2) is 22.5 Å². The Bertz CT molecular complexity index is 1330. The number of nitrogens with one attached hydrogen (secondary N) is 1. The number of benzene rings is 1. The largest absolute Gasteiger partial charge is 0.389 e. The van der Waals surface area contributed by atoms with Crippen molar-refractivity contribution in [3.63, 3.8) is 0 Å². The number of hydrogen-bond donors (Lipinski definition) is 1. The third-order valence-corrected chi connectivity index (χ3v) is 10.6. The molecule has 2 amide bonds. The predicted octanol–water partition coefficient (Wildman–Crippen LogP) is 5.09. The number of aryl methyl sites for hydroxylation is 2. The van der Waals surface area contributed by atoms with Gasteiger partial charge in [0.2, 0.25) is 15.9 Å². The van der Waals surface area contributed by atoms with Crippen LogP contribution in [0, 0.1) is 25.7 Å². The van der Waals surface area contributed by atoms with E-state index in [1.54, 1.807) is 18.0 Å². The van der Waals surface area contributed by atoms with Crippen LogP contribution in [0.1, 0.15) is 80.5 Å². The van der Waals surface area contributed by atoms with E-state index in [1.807, 2.05) is 26.0 Å². The molecule has 1 N–H and O–H groups in total. The highest BCUT2D eigenvalue weighted by atomic mass is 32.2. The zero-order valence-corrected chi connectivity index (χ0v) is 25.6. The second-order valence-electron chi connectivity index (χ2n) is 12.1. The molecule has 232 valence electrons. The Labute approximate surface area is 246 Å². The fourth-order valence-electron chi connectivity index (χ4n) is 6.32. The maximum atomic E-state index is 13.2. The van der Waals surface area contributed by atoms with Gasteiger partial charge in [-0.25, -0.2) is 8.42 Å². The van der Waals surface area contributed by atoms with E-state index in [1.165, 1.54) is 16.6 Å². The first kappa shape index (κ1) is 32.2. The number of hydrogen-bond acceptors (Lipinski definition) is 5. The molecule has 1 aromatic rings. The molecule has 1 aromatic carbocycles. The number of carbonyl (C=O) groups excluding carboxylic acids is 2. The average Bonchev–Trinajstić information content (AvgIpc) is 3.22. The van der Waals surface area contributed by atoms with Crippen molar-refractivity contribution in [3.8, 4) is 0 Å². The summed E-state index contributed by atoms with van der Waals surface area (Å²) in [7, 11) is -2.01. The summed E-state index contributed by atoms with van der Waals surface area (Å²) in [6.07, 6.45) is 0.127. The molecule has 1 aliphatic carbocycles. The number of nitrogens with zero attached hydrogens (tertiary/aromatic N) is 3. The van der Waals surface area contributed by atoms with E-state index >= 15 is 0 Å². The Hall–Kier alpha value is -2.73. The number of amidine groups is 1. The fourth-order valence-corrected chi connectivity index (χ4v) is 7.49. The molecule has 12 heteroatoms. The number of amides is 2. The van der Waals surface area contributed by atoms with Crippen molar-refractivity contribution in [3.05, 3.63) is 39.8 Å². The van der Waals surface area contributed by atoms with E-state index in [0.29, 0.717) is 38.1 Å². The molecule has 0 aromatic heterocycles. The number of aliphatic imine (C=N–C) groups is 1. The molecule has 1 saturated carbocycles. The summed E-state index contributed by atoms with van der Waals surface area (Å²) in [5.74, 6) is 0.405. The third kappa shape index (κ3) is 7.61. The van der Waals surface area contributed by atoms with Crippen molar-refractivity contribution in [2.24, 2.45) is 16.8 Å². The van der Waals surface area contributed by atoms with Gasteiger partial charge in [-0.05, 0) is 93.0 Å². The van der Waals surface area contributed by atoms with Crippen molar-refractivity contribution in [1.29, 1.82) is 0 Å². The highest BCUT2D eigenvalue weighted by molar-refractivity contribution is 7.92. The van der Waals surface area contributed by atoms with Crippen LogP contribution < -0.4 is 5.32 Å². The molecular formula is C30H41F3N4O4S. The second-order valence-corrected chi connectivity index (χ2v) is 13.9.